The number of hydrogen-bond donors (Lipinski definition) is 3. The number of amides is 2. The van der Waals surface area contributed by atoms with E-state index in [1.54, 1.807) is 6.07 Å². The van der Waals surface area contributed by atoms with Crippen LogP contribution in [0.25, 0.3) is 0 Å². The Morgan fingerprint density at radius 1 is 1.25 bits per heavy atom. The summed E-state index contributed by atoms with van der Waals surface area (Å²) < 4.78 is 0. The molecule has 0 aromatic heterocycles. The lowest BCUT2D eigenvalue weighted by molar-refractivity contribution is -0.121. The van der Waals surface area contributed by atoms with E-state index in [-0.39, 0.29) is 24.3 Å². The van der Waals surface area contributed by atoms with E-state index in [1.807, 2.05) is 40.0 Å². The molecule has 1 rings (SSSR count). The number of aryl methyl sites for hydroxylation is 1. The van der Waals surface area contributed by atoms with Crippen molar-refractivity contribution < 1.29 is 9.59 Å². The summed E-state index contributed by atoms with van der Waals surface area (Å²) in [6.07, 6.45) is 0.289. The van der Waals surface area contributed by atoms with Crippen LogP contribution in [-0.4, -0.2) is 31.4 Å². The summed E-state index contributed by atoms with van der Waals surface area (Å²) in [5.74, 6) is -0.204. The van der Waals surface area contributed by atoms with Crippen molar-refractivity contribution in [3.63, 3.8) is 0 Å². The number of hydrogen-bond acceptors (Lipinski definition) is 3. The first kappa shape index (κ1) is 16.0. The minimum absolute atomic E-state index is 0.0532. The number of anilines is 1. The van der Waals surface area contributed by atoms with Gasteiger partial charge in [0.25, 0.3) is 5.91 Å². The quantitative estimate of drug-likeness (QED) is 0.741. The highest BCUT2D eigenvalue weighted by atomic mass is 16.2. The monoisotopic (exact) mass is 277 g/mol. The van der Waals surface area contributed by atoms with Crippen LogP contribution in [0.15, 0.2) is 18.2 Å². The Bertz CT molecular complexity index is 484. The van der Waals surface area contributed by atoms with Crippen LogP contribution < -0.4 is 16.0 Å². The molecule has 20 heavy (non-hydrogen) atoms. The molecule has 0 aliphatic rings. The Morgan fingerprint density at radius 2 is 1.95 bits per heavy atom. The molecule has 1 aromatic rings. The first-order chi connectivity index (χ1) is 9.43. The van der Waals surface area contributed by atoms with Gasteiger partial charge in [-0.2, -0.15) is 0 Å². The minimum Gasteiger partial charge on any atom is -0.388 e. The van der Waals surface area contributed by atoms with Crippen molar-refractivity contribution in [2.75, 3.05) is 18.9 Å². The van der Waals surface area contributed by atoms with Gasteiger partial charge in [-0.25, -0.2) is 0 Å². The van der Waals surface area contributed by atoms with E-state index in [4.69, 9.17) is 0 Å². The number of nitrogens with one attached hydrogen (secondary N) is 3. The Morgan fingerprint density at radius 3 is 2.50 bits per heavy atom. The fourth-order valence-electron chi connectivity index (χ4n) is 1.85. The van der Waals surface area contributed by atoms with Gasteiger partial charge in [-0.1, -0.05) is 0 Å². The van der Waals surface area contributed by atoms with Gasteiger partial charge in [-0.15, -0.1) is 0 Å². The smallest absolute Gasteiger partial charge is 0.251 e. The number of benzene rings is 1. The van der Waals surface area contributed by atoms with E-state index >= 15 is 0 Å². The van der Waals surface area contributed by atoms with Gasteiger partial charge in [0.05, 0.1) is 0 Å². The Kier molecular flexibility index (Phi) is 6.03. The molecule has 3 N–H and O–H groups in total. The molecule has 0 radical (unpaired) electrons. The highest BCUT2D eigenvalue weighted by molar-refractivity contribution is 5.96. The van der Waals surface area contributed by atoms with Gasteiger partial charge in [0, 0.05) is 37.3 Å². The van der Waals surface area contributed by atoms with E-state index in [0.717, 1.165) is 11.3 Å². The molecule has 0 bridgehead atoms. The van der Waals surface area contributed by atoms with Crippen molar-refractivity contribution in [3.8, 4) is 0 Å². The second-order valence-corrected chi connectivity index (χ2v) is 5.01. The summed E-state index contributed by atoms with van der Waals surface area (Å²) in [5, 5.41) is 8.57. The number of carbonyl (C=O) groups is 2. The van der Waals surface area contributed by atoms with Crippen LogP contribution in [0.5, 0.6) is 0 Å². The van der Waals surface area contributed by atoms with Gasteiger partial charge in [-0.05, 0) is 44.5 Å². The van der Waals surface area contributed by atoms with Gasteiger partial charge in [0.2, 0.25) is 5.91 Å². The maximum atomic E-state index is 12.0. The summed E-state index contributed by atoms with van der Waals surface area (Å²) in [4.78, 5) is 23.5. The lowest BCUT2D eigenvalue weighted by Crippen LogP contribution is -2.34. The van der Waals surface area contributed by atoms with Crippen molar-refractivity contribution in [1.29, 1.82) is 0 Å². The molecule has 0 aliphatic carbocycles. The number of rotatable bonds is 6. The first-order valence-corrected chi connectivity index (χ1v) is 6.80. The van der Waals surface area contributed by atoms with Crippen LogP contribution in [0.2, 0.25) is 0 Å². The van der Waals surface area contributed by atoms with E-state index in [2.05, 4.69) is 16.0 Å². The van der Waals surface area contributed by atoms with Crippen LogP contribution in [0.3, 0.4) is 0 Å². The predicted molar refractivity (Wildman–Crippen MR) is 81.0 cm³/mol. The highest BCUT2D eigenvalue weighted by Gasteiger charge is 2.10. The van der Waals surface area contributed by atoms with Gasteiger partial charge in [0.1, 0.15) is 0 Å². The van der Waals surface area contributed by atoms with Gasteiger partial charge in [-0.3, -0.25) is 9.59 Å². The molecule has 0 saturated carbocycles. The molecule has 0 spiro atoms. The van der Waals surface area contributed by atoms with Crippen molar-refractivity contribution in [2.24, 2.45) is 0 Å². The molecule has 0 aliphatic heterocycles. The first-order valence-electron chi connectivity index (χ1n) is 6.80. The molecule has 0 saturated heterocycles. The zero-order valence-electron chi connectivity index (χ0n) is 12.5. The van der Waals surface area contributed by atoms with Crippen molar-refractivity contribution >= 4 is 17.5 Å². The average Bonchev–Trinajstić information content (AvgIpc) is 2.37. The molecule has 0 unspecified atom stereocenters. The van der Waals surface area contributed by atoms with Crippen LogP contribution in [0.1, 0.15) is 36.2 Å². The summed E-state index contributed by atoms with van der Waals surface area (Å²) >= 11 is 0. The van der Waals surface area contributed by atoms with Crippen molar-refractivity contribution in [1.82, 2.24) is 10.6 Å². The SMILES string of the molecule is CNc1ccc(C(=O)NCCC(=O)NC(C)C)c(C)c1. The lowest BCUT2D eigenvalue weighted by atomic mass is 10.1. The predicted octanol–water partition coefficient (Wildman–Crippen LogP) is 1.68. The van der Waals surface area contributed by atoms with E-state index in [1.165, 1.54) is 0 Å². The fraction of sp³-hybridized carbons (Fsp3) is 0.467. The van der Waals surface area contributed by atoms with Crippen molar-refractivity contribution in [3.05, 3.63) is 29.3 Å². The normalized spacial score (nSPS) is 10.2. The van der Waals surface area contributed by atoms with Gasteiger partial charge in [0.15, 0.2) is 0 Å². The summed E-state index contributed by atoms with van der Waals surface area (Å²) in [7, 11) is 1.84. The third-order valence-corrected chi connectivity index (χ3v) is 2.85. The molecule has 0 heterocycles. The molecule has 5 nitrogen and oxygen atoms in total. The maximum absolute atomic E-state index is 12.0. The zero-order chi connectivity index (χ0) is 15.1. The average molecular weight is 277 g/mol. The molecular formula is C15H23N3O2. The summed E-state index contributed by atoms with van der Waals surface area (Å²) in [5.41, 5.74) is 2.50. The van der Waals surface area contributed by atoms with Crippen molar-refractivity contribution in [2.45, 2.75) is 33.2 Å². The summed E-state index contributed by atoms with van der Waals surface area (Å²) in [6, 6.07) is 5.67. The fourth-order valence-corrected chi connectivity index (χ4v) is 1.85. The highest BCUT2D eigenvalue weighted by Crippen LogP contribution is 2.14. The summed E-state index contributed by atoms with van der Waals surface area (Å²) in [6.45, 7) is 6.04. The molecule has 0 atom stereocenters. The zero-order valence-corrected chi connectivity index (χ0v) is 12.5. The van der Waals surface area contributed by atoms with Crippen LogP contribution in [0.4, 0.5) is 5.69 Å². The van der Waals surface area contributed by atoms with Crippen LogP contribution >= 0.6 is 0 Å². The van der Waals surface area contributed by atoms with Crippen LogP contribution in [0, 0.1) is 6.92 Å². The molecule has 5 heteroatoms. The number of carbonyl (C=O) groups excluding carboxylic acids is 2. The molecule has 110 valence electrons. The van der Waals surface area contributed by atoms with Crippen LogP contribution in [-0.2, 0) is 4.79 Å². The van der Waals surface area contributed by atoms with Gasteiger partial charge >= 0.3 is 0 Å². The maximum Gasteiger partial charge on any atom is 0.251 e. The molecule has 1 aromatic carbocycles. The third kappa shape index (κ3) is 4.91. The second kappa shape index (κ2) is 7.53. The van der Waals surface area contributed by atoms with E-state index in [0.29, 0.717) is 12.1 Å². The minimum atomic E-state index is -0.150. The largest absolute Gasteiger partial charge is 0.388 e. The Balaban J connectivity index is 2.49. The topological polar surface area (TPSA) is 70.2 Å². The molecule has 2 amide bonds. The molecule has 0 fully saturated rings. The second-order valence-electron chi connectivity index (χ2n) is 5.01. The molecular weight excluding hydrogens is 254 g/mol. The standard InChI is InChI=1S/C15H23N3O2/c1-10(2)18-14(19)7-8-17-15(20)13-6-5-12(16-4)9-11(13)3/h5-6,9-10,16H,7-8H2,1-4H3,(H,17,20)(H,18,19). The van der Waals surface area contributed by atoms with E-state index in [9.17, 15) is 9.59 Å². The lowest BCUT2D eigenvalue weighted by Gasteiger charge is -2.10. The Hall–Kier alpha value is -2.04. The third-order valence-electron chi connectivity index (χ3n) is 2.85. The Labute approximate surface area is 120 Å². The van der Waals surface area contributed by atoms with E-state index < -0.39 is 0 Å². The van der Waals surface area contributed by atoms with Gasteiger partial charge < -0.3 is 16.0 Å².